The molecule has 0 saturated heterocycles. The van der Waals surface area contributed by atoms with E-state index in [0.717, 1.165) is 32.5 Å². The molecule has 0 saturated carbocycles. The van der Waals surface area contributed by atoms with Crippen molar-refractivity contribution < 1.29 is 0 Å². The quantitative estimate of drug-likeness (QED) is 0.790. The van der Waals surface area contributed by atoms with Gasteiger partial charge in [0.2, 0.25) is 0 Å². The lowest BCUT2D eigenvalue weighted by Crippen LogP contribution is -1.97. The summed E-state index contributed by atoms with van der Waals surface area (Å²) >= 11 is 11.6. The van der Waals surface area contributed by atoms with Gasteiger partial charge >= 0.3 is 0 Å². The topological polar surface area (TPSA) is 17.8 Å². The van der Waals surface area contributed by atoms with E-state index in [1.165, 1.54) is 5.56 Å². The molecule has 1 aliphatic rings. The summed E-state index contributed by atoms with van der Waals surface area (Å²) in [6.07, 6.45) is 0. The van der Waals surface area contributed by atoms with Gasteiger partial charge in [-0.05, 0) is 18.2 Å². The van der Waals surface area contributed by atoms with Gasteiger partial charge in [0.1, 0.15) is 5.15 Å². The summed E-state index contributed by atoms with van der Waals surface area (Å²) in [7, 11) is 0. The van der Waals surface area contributed by atoms with Gasteiger partial charge in [-0.3, -0.25) is 0 Å². The molecule has 0 aliphatic carbocycles. The fourth-order valence-corrected chi connectivity index (χ4v) is 3.57. The van der Waals surface area contributed by atoms with Crippen LogP contribution in [0, 0.1) is 0 Å². The SMILES string of the molecule is Clc1c2c(nn1-c1cccc(Br)c1)CSC2. The minimum absolute atomic E-state index is 0.748. The van der Waals surface area contributed by atoms with E-state index in [9.17, 15) is 0 Å². The summed E-state index contributed by atoms with van der Waals surface area (Å²) in [5, 5.41) is 5.29. The van der Waals surface area contributed by atoms with Crippen molar-refractivity contribution in [3.8, 4) is 5.69 Å². The van der Waals surface area contributed by atoms with Crippen molar-refractivity contribution in [1.29, 1.82) is 0 Å². The van der Waals surface area contributed by atoms with Crippen molar-refractivity contribution in [3.05, 3.63) is 45.1 Å². The zero-order chi connectivity index (χ0) is 11.1. The molecule has 16 heavy (non-hydrogen) atoms. The van der Waals surface area contributed by atoms with Crippen LogP contribution in [0.2, 0.25) is 5.15 Å². The molecule has 0 atom stereocenters. The van der Waals surface area contributed by atoms with Crippen LogP contribution in [0.25, 0.3) is 5.69 Å². The Balaban J connectivity index is 2.14. The number of hydrogen-bond donors (Lipinski definition) is 0. The van der Waals surface area contributed by atoms with Gasteiger partial charge in [0.05, 0.1) is 11.4 Å². The van der Waals surface area contributed by atoms with Gasteiger partial charge in [0, 0.05) is 21.5 Å². The van der Waals surface area contributed by atoms with Gasteiger partial charge in [-0.1, -0.05) is 33.6 Å². The van der Waals surface area contributed by atoms with E-state index in [2.05, 4.69) is 21.0 Å². The molecule has 0 radical (unpaired) electrons. The predicted octanol–water partition coefficient (Wildman–Crippen LogP) is 4.04. The van der Waals surface area contributed by atoms with Crippen LogP contribution in [-0.2, 0) is 11.5 Å². The number of nitrogens with zero attached hydrogens (tertiary/aromatic N) is 2. The molecule has 2 aromatic rings. The fraction of sp³-hybridized carbons (Fsp3) is 0.182. The Morgan fingerprint density at radius 1 is 1.38 bits per heavy atom. The summed E-state index contributed by atoms with van der Waals surface area (Å²) in [5.41, 5.74) is 3.31. The standard InChI is InChI=1S/C11H8BrClN2S/c12-7-2-1-3-8(4-7)15-11(13)9-5-16-6-10(9)14-15/h1-4H,5-6H2. The van der Waals surface area contributed by atoms with Crippen LogP contribution >= 0.6 is 39.3 Å². The number of fused-ring (bicyclic) bond motifs is 1. The first kappa shape index (κ1) is 10.7. The summed E-state index contributed by atoms with van der Waals surface area (Å²) in [6, 6.07) is 7.99. The first-order chi connectivity index (χ1) is 7.75. The predicted molar refractivity (Wildman–Crippen MR) is 71.3 cm³/mol. The highest BCUT2D eigenvalue weighted by molar-refractivity contribution is 9.10. The van der Waals surface area contributed by atoms with Crippen LogP contribution in [0.3, 0.4) is 0 Å². The molecule has 82 valence electrons. The Labute approximate surface area is 111 Å². The third-order valence-electron chi connectivity index (χ3n) is 2.54. The van der Waals surface area contributed by atoms with Crippen LogP contribution in [-0.4, -0.2) is 9.78 Å². The van der Waals surface area contributed by atoms with Crippen molar-refractivity contribution in [1.82, 2.24) is 9.78 Å². The van der Waals surface area contributed by atoms with Gasteiger partial charge in [0.25, 0.3) is 0 Å². The molecular formula is C11H8BrClN2S. The Hall–Kier alpha value is -0.450. The Kier molecular flexibility index (Phi) is 2.73. The number of aromatic nitrogens is 2. The maximum atomic E-state index is 6.33. The second-order valence-electron chi connectivity index (χ2n) is 3.60. The van der Waals surface area contributed by atoms with Crippen LogP contribution in [0.1, 0.15) is 11.3 Å². The van der Waals surface area contributed by atoms with E-state index in [1.54, 1.807) is 0 Å². The largest absolute Gasteiger partial charge is 0.222 e. The number of hydrogen-bond acceptors (Lipinski definition) is 2. The molecule has 0 N–H and O–H groups in total. The molecule has 3 rings (SSSR count). The second-order valence-corrected chi connectivity index (χ2v) is 5.86. The maximum Gasteiger partial charge on any atom is 0.137 e. The number of thioether (sulfide) groups is 1. The zero-order valence-corrected chi connectivity index (χ0v) is 11.4. The molecular weight excluding hydrogens is 308 g/mol. The molecule has 2 nitrogen and oxygen atoms in total. The smallest absolute Gasteiger partial charge is 0.137 e. The number of benzene rings is 1. The number of rotatable bonds is 1. The summed E-state index contributed by atoms with van der Waals surface area (Å²) in [4.78, 5) is 0. The summed E-state index contributed by atoms with van der Waals surface area (Å²) in [6.45, 7) is 0. The van der Waals surface area contributed by atoms with Gasteiger partial charge in [-0.25, -0.2) is 4.68 Å². The lowest BCUT2D eigenvalue weighted by Gasteiger charge is -2.04. The minimum atomic E-state index is 0.748. The van der Waals surface area contributed by atoms with Gasteiger partial charge in [-0.2, -0.15) is 16.9 Å². The van der Waals surface area contributed by atoms with Crippen molar-refractivity contribution in [2.45, 2.75) is 11.5 Å². The normalized spacial score (nSPS) is 14.1. The molecule has 0 amide bonds. The van der Waals surface area contributed by atoms with Crippen LogP contribution in [0.5, 0.6) is 0 Å². The first-order valence-corrected chi connectivity index (χ1v) is 7.18. The van der Waals surface area contributed by atoms with E-state index in [-0.39, 0.29) is 0 Å². The molecule has 5 heteroatoms. The highest BCUT2D eigenvalue weighted by Gasteiger charge is 2.21. The lowest BCUT2D eigenvalue weighted by atomic mass is 10.3. The van der Waals surface area contributed by atoms with Gasteiger partial charge in [-0.15, -0.1) is 0 Å². The molecule has 1 aromatic heterocycles. The second kappa shape index (κ2) is 4.09. The summed E-state index contributed by atoms with van der Waals surface area (Å²) < 4.78 is 2.85. The van der Waals surface area contributed by atoms with Crippen LogP contribution in [0.15, 0.2) is 28.7 Å². The van der Waals surface area contributed by atoms with Crippen molar-refractivity contribution in [2.75, 3.05) is 0 Å². The van der Waals surface area contributed by atoms with E-state index in [4.69, 9.17) is 11.6 Å². The van der Waals surface area contributed by atoms with E-state index >= 15 is 0 Å². The molecule has 0 unspecified atom stereocenters. The van der Waals surface area contributed by atoms with E-state index in [1.807, 2.05) is 40.7 Å². The average molecular weight is 316 g/mol. The number of halogens is 2. The molecule has 1 aromatic carbocycles. The highest BCUT2D eigenvalue weighted by atomic mass is 79.9. The fourth-order valence-electron chi connectivity index (χ4n) is 1.76. The first-order valence-electron chi connectivity index (χ1n) is 4.85. The zero-order valence-electron chi connectivity index (χ0n) is 8.28. The van der Waals surface area contributed by atoms with E-state index in [0.29, 0.717) is 0 Å². The van der Waals surface area contributed by atoms with E-state index < -0.39 is 0 Å². The van der Waals surface area contributed by atoms with Crippen LogP contribution < -0.4 is 0 Å². The van der Waals surface area contributed by atoms with Gasteiger partial charge in [0.15, 0.2) is 0 Å². The monoisotopic (exact) mass is 314 g/mol. The molecule has 0 spiro atoms. The van der Waals surface area contributed by atoms with Crippen LogP contribution in [0.4, 0.5) is 0 Å². The average Bonchev–Trinajstić information content (AvgIpc) is 2.82. The Bertz CT molecular complexity index is 553. The third kappa shape index (κ3) is 1.69. The molecule has 0 bridgehead atoms. The Morgan fingerprint density at radius 2 is 2.25 bits per heavy atom. The molecule has 1 aliphatic heterocycles. The Morgan fingerprint density at radius 3 is 3.00 bits per heavy atom. The summed E-state index contributed by atoms with van der Waals surface area (Å²) in [5.74, 6) is 1.94. The molecule has 0 fully saturated rings. The highest BCUT2D eigenvalue weighted by Crippen LogP contribution is 2.35. The minimum Gasteiger partial charge on any atom is -0.222 e. The lowest BCUT2D eigenvalue weighted by molar-refractivity contribution is 0.859. The van der Waals surface area contributed by atoms with Crippen molar-refractivity contribution in [2.24, 2.45) is 0 Å². The third-order valence-corrected chi connectivity index (χ3v) is 4.39. The van der Waals surface area contributed by atoms with Gasteiger partial charge < -0.3 is 0 Å². The van der Waals surface area contributed by atoms with Crippen molar-refractivity contribution in [3.63, 3.8) is 0 Å². The van der Waals surface area contributed by atoms with Crippen molar-refractivity contribution >= 4 is 39.3 Å². The maximum absolute atomic E-state index is 6.33. The molecule has 2 heterocycles.